The first-order chi connectivity index (χ1) is 20.4. The SMILES string of the molecule is CCCC1(CCc2ccccc2)CC(OC)=C([C@H](CC)c2cccc(NS(=O)(=O)c3ccc(C(F)(F)F)cn3)c2)C(=O)O1. The van der Waals surface area contributed by atoms with Crippen LogP contribution in [0.2, 0.25) is 0 Å². The maximum atomic E-state index is 13.7. The number of esters is 1. The molecule has 0 aliphatic carbocycles. The molecule has 0 saturated carbocycles. The number of carbonyl (C=O) groups excluding carboxylic acids is 1. The Bertz CT molecular complexity index is 1560. The van der Waals surface area contributed by atoms with E-state index < -0.39 is 44.3 Å². The molecule has 1 N–H and O–H groups in total. The molecule has 0 amide bonds. The molecule has 0 radical (unpaired) electrons. The van der Waals surface area contributed by atoms with Gasteiger partial charge in [-0.05, 0) is 61.1 Å². The molecule has 2 aromatic carbocycles. The smallest absolute Gasteiger partial charge is 0.417 e. The third kappa shape index (κ3) is 7.57. The minimum atomic E-state index is -4.64. The van der Waals surface area contributed by atoms with Crippen LogP contribution in [0.25, 0.3) is 0 Å². The van der Waals surface area contributed by atoms with Crippen molar-refractivity contribution in [3.63, 3.8) is 0 Å². The van der Waals surface area contributed by atoms with Crippen molar-refractivity contribution >= 4 is 21.7 Å². The third-order valence-corrected chi connectivity index (χ3v) is 8.91. The van der Waals surface area contributed by atoms with Gasteiger partial charge >= 0.3 is 12.1 Å². The number of hydrogen-bond donors (Lipinski definition) is 1. The minimum Gasteiger partial charge on any atom is -0.500 e. The number of nitrogens with one attached hydrogen (secondary N) is 1. The highest BCUT2D eigenvalue weighted by atomic mass is 32.2. The van der Waals surface area contributed by atoms with Gasteiger partial charge in [0.15, 0.2) is 5.03 Å². The topological polar surface area (TPSA) is 94.6 Å². The van der Waals surface area contributed by atoms with Crippen LogP contribution in [0.4, 0.5) is 18.9 Å². The van der Waals surface area contributed by atoms with Crippen LogP contribution in [0.3, 0.4) is 0 Å². The van der Waals surface area contributed by atoms with E-state index in [1.165, 1.54) is 13.2 Å². The molecule has 11 heteroatoms. The Morgan fingerprint density at radius 3 is 2.40 bits per heavy atom. The number of nitrogens with zero attached hydrogens (tertiary/aromatic N) is 1. The van der Waals surface area contributed by atoms with Gasteiger partial charge in [-0.3, -0.25) is 4.72 Å². The molecule has 1 aromatic heterocycles. The van der Waals surface area contributed by atoms with Crippen molar-refractivity contribution in [2.45, 2.75) is 75.1 Å². The summed E-state index contributed by atoms with van der Waals surface area (Å²) in [6.07, 6.45) is -0.355. The molecule has 3 aromatic rings. The van der Waals surface area contributed by atoms with Crippen LogP contribution in [0.1, 0.15) is 68.6 Å². The molecule has 0 fully saturated rings. The van der Waals surface area contributed by atoms with E-state index >= 15 is 0 Å². The van der Waals surface area contributed by atoms with E-state index in [0.717, 1.165) is 24.5 Å². The molecular formula is C32H35F3N2O5S. The number of benzene rings is 2. The zero-order chi connectivity index (χ0) is 31.3. The van der Waals surface area contributed by atoms with Crippen LogP contribution < -0.4 is 4.72 Å². The molecule has 4 rings (SSSR count). The highest BCUT2D eigenvalue weighted by Crippen LogP contribution is 2.43. The average molecular weight is 617 g/mol. The summed E-state index contributed by atoms with van der Waals surface area (Å²) in [5.41, 5.74) is 0.604. The van der Waals surface area contributed by atoms with E-state index in [4.69, 9.17) is 9.47 Å². The number of pyridine rings is 1. The molecule has 2 heterocycles. The predicted molar refractivity (Wildman–Crippen MR) is 157 cm³/mol. The van der Waals surface area contributed by atoms with E-state index in [-0.39, 0.29) is 5.69 Å². The van der Waals surface area contributed by atoms with Crippen molar-refractivity contribution in [2.24, 2.45) is 0 Å². The summed E-state index contributed by atoms with van der Waals surface area (Å²) < 4.78 is 78.9. The number of anilines is 1. The summed E-state index contributed by atoms with van der Waals surface area (Å²) in [7, 11) is -2.75. The van der Waals surface area contributed by atoms with Gasteiger partial charge in [0.2, 0.25) is 0 Å². The second kappa shape index (κ2) is 13.2. The number of sulfonamides is 1. The zero-order valence-corrected chi connectivity index (χ0v) is 25.1. The lowest BCUT2D eigenvalue weighted by molar-refractivity contribution is -0.161. The number of halogens is 3. The average Bonchev–Trinajstić information content (AvgIpc) is 2.98. The first kappa shape index (κ1) is 32.1. The van der Waals surface area contributed by atoms with Gasteiger partial charge in [-0.1, -0.05) is 62.7 Å². The lowest BCUT2D eigenvalue weighted by Crippen LogP contribution is -2.42. The van der Waals surface area contributed by atoms with Gasteiger partial charge in [0.25, 0.3) is 10.0 Å². The lowest BCUT2D eigenvalue weighted by Gasteiger charge is -2.39. The summed E-state index contributed by atoms with van der Waals surface area (Å²) in [6.45, 7) is 3.95. The van der Waals surface area contributed by atoms with Gasteiger partial charge in [0.05, 0.1) is 18.2 Å². The number of rotatable bonds is 12. The minimum absolute atomic E-state index is 0.171. The Balaban J connectivity index is 1.60. The Labute approximate surface area is 250 Å². The molecule has 1 aliphatic rings. The van der Waals surface area contributed by atoms with Crippen molar-refractivity contribution in [3.8, 4) is 0 Å². The van der Waals surface area contributed by atoms with Crippen molar-refractivity contribution in [2.75, 3.05) is 11.8 Å². The normalized spacial score (nSPS) is 18.2. The van der Waals surface area contributed by atoms with Gasteiger partial charge in [0.1, 0.15) is 11.4 Å². The number of carbonyl (C=O) groups is 1. The van der Waals surface area contributed by atoms with Gasteiger partial charge in [-0.15, -0.1) is 0 Å². The summed E-state index contributed by atoms with van der Waals surface area (Å²) >= 11 is 0. The number of ether oxygens (including phenoxy) is 2. The summed E-state index contributed by atoms with van der Waals surface area (Å²) in [4.78, 5) is 17.2. The monoisotopic (exact) mass is 616 g/mol. The van der Waals surface area contributed by atoms with Gasteiger partial charge in [-0.25, -0.2) is 9.78 Å². The van der Waals surface area contributed by atoms with Crippen molar-refractivity contribution in [3.05, 3.63) is 101 Å². The van der Waals surface area contributed by atoms with Crippen molar-refractivity contribution < 1.29 is 35.9 Å². The predicted octanol–water partition coefficient (Wildman–Crippen LogP) is 7.41. The fraction of sp³-hybridized carbons (Fsp3) is 0.375. The van der Waals surface area contributed by atoms with Gasteiger partial charge in [-0.2, -0.15) is 21.6 Å². The third-order valence-electron chi connectivity index (χ3n) is 7.61. The molecule has 43 heavy (non-hydrogen) atoms. The zero-order valence-electron chi connectivity index (χ0n) is 24.3. The molecule has 2 atom stereocenters. The van der Waals surface area contributed by atoms with Crippen LogP contribution >= 0.6 is 0 Å². The number of methoxy groups -OCH3 is 1. The summed E-state index contributed by atoms with van der Waals surface area (Å²) in [5, 5.41) is -0.555. The van der Waals surface area contributed by atoms with E-state index in [2.05, 4.69) is 9.71 Å². The Kier molecular flexibility index (Phi) is 9.84. The van der Waals surface area contributed by atoms with Crippen LogP contribution in [0, 0.1) is 0 Å². The highest BCUT2D eigenvalue weighted by Gasteiger charge is 2.43. The molecule has 7 nitrogen and oxygen atoms in total. The second-order valence-electron chi connectivity index (χ2n) is 10.6. The van der Waals surface area contributed by atoms with Crippen LogP contribution in [0.5, 0.6) is 0 Å². The fourth-order valence-electron chi connectivity index (χ4n) is 5.52. The van der Waals surface area contributed by atoms with Crippen LogP contribution in [-0.2, 0) is 36.9 Å². The molecule has 1 aliphatic heterocycles. The van der Waals surface area contributed by atoms with Crippen LogP contribution in [-0.4, -0.2) is 32.1 Å². The first-order valence-corrected chi connectivity index (χ1v) is 15.6. The summed E-state index contributed by atoms with van der Waals surface area (Å²) in [5.74, 6) is -0.370. The number of cyclic esters (lactones) is 1. The van der Waals surface area contributed by atoms with E-state index in [0.29, 0.717) is 54.8 Å². The Morgan fingerprint density at radius 1 is 1.05 bits per heavy atom. The second-order valence-corrected chi connectivity index (χ2v) is 12.2. The molecule has 230 valence electrons. The Hall–Kier alpha value is -3.86. The standard InChI is InChI=1S/C32H35F3N2O5S/c1-4-17-31(18-16-22-10-7-6-8-11-22)20-27(41-3)29(30(38)42-31)26(5-2)23-12-9-13-25(19-23)37-43(39,40)28-15-14-24(21-36-28)32(33,34)35/h6-15,19,21,26,37H,4-5,16-18,20H2,1-3H3/t26-,31?/m1/s1. The Morgan fingerprint density at radius 2 is 1.79 bits per heavy atom. The molecule has 1 unspecified atom stereocenters. The van der Waals surface area contributed by atoms with Crippen LogP contribution in [0.15, 0.2) is 89.3 Å². The highest BCUT2D eigenvalue weighted by molar-refractivity contribution is 7.92. The number of hydrogen-bond acceptors (Lipinski definition) is 6. The van der Waals surface area contributed by atoms with E-state index in [1.54, 1.807) is 18.2 Å². The maximum absolute atomic E-state index is 13.7. The maximum Gasteiger partial charge on any atom is 0.417 e. The molecular weight excluding hydrogens is 581 g/mol. The molecule has 0 saturated heterocycles. The quantitative estimate of drug-likeness (QED) is 0.213. The van der Waals surface area contributed by atoms with E-state index in [1.807, 2.05) is 44.2 Å². The van der Waals surface area contributed by atoms with Crippen molar-refractivity contribution in [1.29, 1.82) is 0 Å². The first-order valence-electron chi connectivity index (χ1n) is 14.1. The number of aromatic nitrogens is 1. The van der Waals surface area contributed by atoms with Gasteiger partial charge < -0.3 is 9.47 Å². The lowest BCUT2D eigenvalue weighted by atomic mass is 9.80. The van der Waals surface area contributed by atoms with Crippen molar-refractivity contribution in [1.82, 2.24) is 4.98 Å². The van der Waals surface area contributed by atoms with Gasteiger partial charge in [0, 0.05) is 24.2 Å². The largest absolute Gasteiger partial charge is 0.500 e. The number of alkyl halides is 3. The van der Waals surface area contributed by atoms with E-state index in [9.17, 15) is 26.4 Å². The summed E-state index contributed by atoms with van der Waals surface area (Å²) in [6, 6.07) is 18.0. The molecule has 0 bridgehead atoms. The molecule has 0 spiro atoms. The number of aryl methyl sites for hydroxylation is 1. The fourth-order valence-corrected chi connectivity index (χ4v) is 6.50.